The van der Waals surface area contributed by atoms with Gasteiger partial charge < -0.3 is 0 Å². The number of benzene rings is 2. The Morgan fingerprint density at radius 2 is 1.70 bits per heavy atom. The minimum Gasteiger partial charge on any atom is -0.265 e. The topological polar surface area (TPSA) is 64.0 Å². The summed E-state index contributed by atoms with van der Waals surface area (Å²) in [4.78, 5) is -0.224. The number of nitrogens with zero attached hydrogens (tertiary/aromatic N) is 2. The van der Waals surface area contributed by atoms with Crippen LogP contribution in [0, 0.1) is 5.82 Å². The molecule has 0 bridgehead atoms. The van der Waals surface area contributed by atoms with Crippen molar-refractivity contribution in [2.24, 2.45) is 0 Å². The van der Waals surface area contributed by atoms with Crippen LogP contribution in [-0.2, 0) is 16.6 Å². The SMILES string of the molecule is O=S(=O)(Nc1nn(Cc2ccc(F)cc2)cc1Br)c1cc(Cl)c(Cl)cc1Cl. The van der Waals surface area contributed by atoms with Crippen LogP contribution in [0.2, 0.25) is 15.1 Å². The van der Waals surface area contributed by atoms with Crippen LogP contribution >= 0.6 is 50.7 Å². The van der Waals surface area contributed by atoms with Gasteiger partial charge >= 0.3 is 0 Å². The smallest absolute Gasteiger partial charge is 0.264 e. The molecule has 11 heteroatoms. The zero-order valence-corrected chi connectivity index (χ0v) is 17.9. The highest BCUT2D eigenvalue weighted by Gasteiger charge is 2.22. The summed E-state index contributed by atoms with van der Waals surface area (Å²) >= 11 is 21.0. The molecule has 0 aliphatic carbocycles. The summed E-state index contributed by atoms with van der Waals surface area (Å²) in [6.07, 6.45) is 1.59. The predicted octanol–water partition coefficient (Wildman–Crippen LogP) is 5.59. The molecule has 0 fully saturated rings. The number of hydrogen-bond acceptors (Lipinski definition) is 3. The Bertz CT molecular complexity index is 1100. The van der Waals surface area contributed by atoms with Gasteiger partial charge in [-0.15, -0.1) is 0 Å². The van der Waals surface area contributed by atoms with Crippen molar-refractivity contribution >= 4 is 66.6 Å². The average molecular weight is 514 g/mol. The van der Waals surface area contributed by atoms with Crippen molar-refractivity contribution in [3.05, 3.63) is 73.5 Å². The zero-order valence-electron chi connectivity index (χ0n) is 13.3. The van der Waals surface area contributed by atoms with Gasteiger partial charge in [-0.3, -0.25) is 9.40 Å². The summed E-state index contributed by atoms with van der Waals surface area (Å²) in [5, 5.41) is 4.32. The predicted molar refractivity (Wildman–Crippen MR) is 108 cm³/mol. The van der Waals surface area contributed by atoms with E-state index in [1.54, 1.807) is 18.3 Å². The van der Waals surface area contributed by atoms with E-state index < -0.39 is 10.0 Å². The van der Waals surface area contributed by atoms with E-state index in [1.165, 1.54) is 22.9 Å². The number of aromatic nitrogens is 2. The zero-order chi connectivity index (χ0) is 19.8. The molecule has 0 aliphatic rings. The third-order valence-corrected chi connectivity index (χ3v) is 6.58. The Labute approximate surface area is 178 Å². The van der Waals surface area contributed by atoms with E-state index in [9.17, 15) is 12.8 Å². The molecule has 3 rings (SSSR count). The maximum Gasteiger partial charge on any atom is 0.264 e. The maximum absolute atomic E-state index is 13.0. The first-order chi connectivity index (χ1) is 12.7. The molecule has 3 aromatic rings. The normalized spacial score (nSPS) is 11.6. The molecule has 142 valence electrons. The highest BCUT2D eigenvalue weighted by atomic mass is 79.9. The van der Waals surface area contributed by atoms with Crippen molar-refractivity contribution in [2.45, 2.75) is 11.4 Å². The monoisotopic (exact) mass is 511 g/mol. The molecule has 0 atom stereocenters. The molecule has 1 heterocycles. The lowest BCUT2D eigenvalue weighted by Crippen LogP contribution is -2.14. The minimum absolute atomic E-state index is 0.0577. The third kappa shape index (κ3) is 4.75. The molecule has 0 aliphatic heterocycles. The van der Waals surface area contributed by atoms with Crippen molar-refractivity contribution in [1.82, 2.24) is 9.78 Å². The van der Waals surface area contributed by atoms with Crippen molar-refractivity contribution < 1.29 is 12.8 Å². The number of nitrogens with one attached hydrogen (secondary N) is 1. The molecule has 27 heavy (non-hydrogen) atoms. The quantitative estimate of drug-likeness (QED) is 0.452. The Balaban J connectivity index is 1.86. The van der Waals surface area contributed by atoms with Crippen LogP contribution in [0.1, 0.15) is 5.56 Å². The summed E-state index contributed by atoms with van der Waals surface area (Å²) in [5.41, 5.74) is 0.799. The standard InChI is InChI=1S/C16H10BrCl3FN3O2S/c17-11-8-24(7-9-1-3-10(21)4-2-9)22-16(11)23-27(25,26)15-6-13(19)12(18)5-14(15)20/h1-6,8H,7H2,(H,22,23). The number of rotatable bonds is 5. The molecule has 0 saturated heterocycles. The molecule has 2 aromatic carbocycles. The molecular formula is C16H10BrCl3FN3O2S. The minimum atomic E-state index is -4.05. The number of anilines is 1. The van der Waals surface area contributed by atoms with Crippen LogP contribution in [0.5, 0.6) is 0 Å². The van der Waals surface area contributed by atoms with Gasteiger partial charge in [-0.2, -0.15) is 5.10 Å². The van der Waals surface area contributed by atoms with Gasteiger partial charge in [0.25, 0.3) is 10.0 Å². The molecular weight excluding hydrogens is 504 g/mol. The Hall–Kier alpha value is -1.32. The van der Waals surface area contributed by atoms with E-state index in [0.29, 0.717) is 11.0 Å². The Kier molecular flexibility index (Phi) is 6.02. The molecule has 0 saturated carbocycles. The fourth-order valence-corrected chi connectivity index (χ4v) is 4.78. The van der Waals surface area contributed by atoms with Crippen LogP contribution in [-0.4, -0.2) is 18.2 Å². The van der Waals surface area contributed by atoms with Gasteiger partial charge in [0.2, 0.25) is 0 Å². The van der Waals surface area contributed by atoms with E-state index in [2.05, 4.69) is 25.8 Å². The molecule has 0 spiro atoms. The van der Waals surface area contributed by atoms with Crippen LogP contribution < -0.4 is 4.72 Å². The van der Waals surface area contributed by atoms with E-state index in [0.717, 1.165) is 11.6 Å². The lowest BCUT2D eigenvalue weighted by atomic mass is 10.2. The van der Waals surface area contributed by atoms with Gasteiger partial charge in [0.15, 0.2) is 5.82 Å². The second kappa shape index (κ2) is 7.97. The molecule has 1 N–H and O–H groups in total. The fraction of sp³-hybridized carbons (Fsp3) is 0.0625. The second-order valence-electron chi connectivity index (χ2n) is 5.45. The summed E-state index contributed by atoms with van der Waals surface area (Å²) in [7, 11) is -4.05. The van der Waals surface area contributed by atoms with Crippen molar-refractivity contribution in [2.75, 3.05) is 4.72 Å². The summed E-state index contributed by atoms with van der Waals surface area (Å²) in [5.74, 6) is -0.272. The lowest BCUT2D eigenvalue weighted by molar-refractivity contribution is 0.600. The van der Waals surface area contributed by atoms with Gasteiger partial charge in [-0.1, -0.05) is 46.9 Å². The van der Waals surface area contributed by atoms with E-state index in [1.807, 2.05) is 0 Å². The summed E-state index contributed by atoms with van der Waals surface area (Å²) < 4.78 is 42.5. The van der Waals surface area contributed by atoms with Crippen molar-refractivity contribution in [3.8, 4) is 0 Å². The van der Waals surface area contributed by atoms with E-state index in [4.69, 9.17) is 34.8 Å². The summed E-state index contributed by atoms with van der Waals surface area (Å²) in [6, 6.07) is 8.32. The van der Waals surface area contributed by atoms with Crippen LogP contribution in [0.25, 0.3) is 0 Å². The largest absolute Gasteiger partial charge is 0.265 e. The first-order valence-corrected chi connectivity index (χ1v) is 10.7. The van der Waals surface area contributed by atoms with Gasteiger partial charge in [-0.05, 0) is 45.8 Å². The molecule has 5 nitrogen and oxygen atoms in total. The Morgan fingerprint density at radius 3 is 2.37 bits per heavy atom. The van der Waals surface area contributed by atoms with Crippen molar-refractivity contribution in [3.63, 3.8) is 0 Å². The van der Waals surface area contributed by atoms with Crippen molar-refractivity contribution in [1.29, 1.82) is 0 Å². The molecule has 1 aromatic heterocycles. The van der Waals surface area contributed by atoms with Crippen LogP contribution in [0.15, 0.2) is 52.0 Å². The molecule has 0 radical (unpaired) electrons. The highest BCUT2D eigenvalue weighted by Crippen LogP contribution is 2.33. The number of sulfonamides is 1. The van der Waals surface area contributed by atoms with Crippen LogP contribution in [0.3, 0.4) is 0 Å². The van der Waals surface area contributed by atoms with Gasteiger partial charge in [-0.25, -0.2) is 12.8 Å². The first-order valence-electron chi connectivity index (χ1n) is 7.30. The summed E-state index contributed by atoms with van der Waals surface area (Å²) in [6.45, 7) is 0.328. The van der Waals surface area contributed by atoms with E-state index >= 15 is 0 Å². The molecule has 0 amide bonds. The Morgan fingerprint density at radius 1 is 1.07 bits per heavy atom. The van der Waals surface area contributed by atoms with Gasteiger partial charge in [0.1, 0.15) is 10.7 Å². The van der Waals surface area contributed by atoms with Gasteiger partial charge in [0, 0.05) is 6.20 Å². The lowest BCUT2D eigenvalue weighted by Gasteiger charge is -2.09. The van der Waals surface area contributed by atoms with E-state index in [-0.39, 0.29) is 31.6 Å². The number of hydrogen-bond donors (Lipinski definition) is 1. The number of halogens is 5. The maximum atomic E-state index is 13.0. The third-order valence-electron chi connectivity index (χ3n) is 3.47. The second-order valence-corrected chi connectivity index (χ2v) is 9.18. The average Bonchev–Trinajstić information content (AvgIpc) is 2.91. The first kappa shape index (κ1) is 20.4. The molecule has 0 unspecified atom stereocenters. The van der Waals surface area contributed by atoms with Crippen LogP contribution in [0.4, 0.5) is 10.2 Å². The highest BCUT2D eigenvalue weighted by molar-refractivity contribution is 9.10. The fourth-order valence-electron chi connectivity index (χ4n) is 2.22. The van der Waals surface area contributed by atoms with Gasteiger partial charge in [0.05, 0.1) is 26.1 Å².